The number of nitrogens with one attached hydrogen (secondary N) is 1. The molecule has 1 aromatic carbocycles. The molecule has 0 bridgehead atoms. The average molecular weight is 288 g/mol. The van der Waals surface area contributed by atoms with Crippen molar-refractivity contribution in [2.24, 2.45) is 0 Å². The second-order valence-corrected chi connectivity index (χ2v) is 5.19. The van der Waals surface area contributed by atoms with E-state index in [1.807, 2.05) is 6.07 Å². The van der Waals surface area contributed by atoms with Gasteiger partial charge < -0.3 is 9.88 Å². The summed E-state index contributed by atoms with van der Waals surface area (Å²) in [5.74, 6) is 0.662. The molecular weight excluding hydrogens is 271 g/mol. The third-order valence-corrected chi connectivity index (χ3v) is 3.59. The number of benzene rings is 1. The van der Waals surface area contributed by atoms with Crippen molar-refractivity contribution in [1.82, 2.24) is 19.8 Å². The number of hydrogen-bond donors (Lipinski definition) is 1. The Kier molecular flexibility index (Phi) is 3.96. The first-order chi connectivity index (χ1) is 10.2. The second kappa shape index (κ2) is 6.05. The van der Waals surface area contributed by atoms with Gasteiger partial charge in [-0.2, -0.15) is 0 Å². The highest BCUT2D eigenvalue weighted by molar-refractivity contribution is 5.79. The molecule has 3 rings (SSSR count). The van der Waals surface area contributed by atoms with Gasteiger partial charge in [-0.1, -0.05) is 12.1 Å². The summed E-state index contributed by atoms with van der Waals surface area (Å²) in [4.78, 5) is 23.2. The summed E-state index contributed by atoms with van der Waals surface area (Å²) in [6, 6.07) is 6.39. The highest BCUT2D eigenvalue weighted by Crippen LogP contribution is 2.12. The van der Waals surface area contributed by atoms with Gasteiger partial charge in [0.15, 0.2) is 0 Å². The van der Waals surface area contributed by atoms with E-state index in [-0.39, 0.29) is 11.7 Å². The zero-order chi connectivity index (χ0) is 14.7. The third-order valence-electron chi connectivity index (χ3n) is 3.59. The molecule has 1 fully saturated rings. The number of carbonyl (C=O) groups excluding carboxylic acids is 1. The normalized spacial score (nSPS) is 16.4. The fraction of sp³-hybridized carbons (Fsp3) is 0.333. The van der Waals surface area contributed by atoms with E-state index in [1.165, 1.54) is 12.1 Å². The predicted octanol–water partition coefficient (Wildman–Crippen LogP) is 1.39. The smallest absolute Gasteiger partial charge is 0.237 e. The van der Waals surface area contributed by atoms with Crippen LogP contribution in [0.5, 0.6) is 0 Å². The van der Waals surface area contributed by atoms with Gasteiger partial charge in [0.25, 0.3) is 0 Å². The van der Waals surface area contributed by atoms with E-state index in [1.54, 1.807) is 23.4 Å². The lowest BCUT2D eigenvalue weighted by molar-refractivity contribution is -0.136. The topological polar surface area (TPSA) is 52.2 Å². The Morgan fingerprint density at radius 1 is 1.29 bits per heavy atom. The van der Waals surface area contributed by atoms with E-state index in [0.29, 0.717) is 26.2 Å². The summed E-state index contributed by atoms with van der Waals surface area (Å²) in [6.07, 6.45) is 3.48. The van der Waals surface area contributed by atoms with Crippen LogP contribution in [0.25, 0.3) is 0 Å². The summed E-state index contributed by atoms with van der Waals surface area (Å²) in [6.45, 7) is 2.92. The monoisotopic (exact) mass is 288 g/mol. The highest BCUT2D eigenvalue weighted by Gasteiger charge is 2.24. The summed E-state index contributed by atoms with van der Waals surface area (Å²) in [7, 11) is 0. The van der Waals surface area contributed by atoms with Gasteiger partial charge in [-0.15, -0.1) is 0 Å². The highest BCUT2D eigenvalue weighted by atomic mass is 19.1. The molecule has 21 heavy (non-hydrogen) atoms. The molecule has 110 valence electrons. The van der Waals surface area contributed by atoms with Crippen LogP contribution in [0.1, 0.15) is 11.4 Å². The van der Waals surface area contributed by atoms with Crippen molar-refractivity contribution in [3.8, 4) is 0 Å². The minimum Gasteiger partial charge on any atom is -0.348 e. The van der Waals surface area contributed by atoms with Crippen LogP contribution in [0.15, 0.2) is 36.7 Å². The number of H-pyrrole nitrogens is 1. The fourth-order valence-corrected chi connectivity index (χ4v) is 2.51. The lowest BCUT2D eigenvalue weighted by atomic mass is 10.2. The van der Waals surface area contributed by atoms with Crippen LogP contribution in [-0.2, 0) is 17.9 Å². The first-order valence-corrected chi connectivity index (χ1v) is 6.93. The molecule has 0 saturated carbocycles. The maximum Gasteiger partial charge on any atom is 0.237 e. The Bertz CT molecular complexity index is 614. The molecule has 6 heteroatoms. The van der Waals surface area contributed by atoms with E-state index in [0.717, 1.165) is 17.9 Å². The van der Waals surface area contributed by atoms with E-state index >= 15 is 0 Å². The van der Waals surface area contributed by atoms with E-state index in [9.17, 15) is 9.18 Å². The zero-order valence-electron chi connectivity index (χ0n) is 11.6. The van der Waals surface area contributed by atoms with E-state index < -0.39 is 0 Å². The van der Waals surface area contributed by atoms with Crippen LogP contribution in [0.2, 0.25) is 0 Å². The number of carbonyl (C=O) groups is 1. The fourth-order valence-electron chi connectivity index (χ4n) is 2.51. The molecule has 1 aliphatic heterocycles. The third kappa shape index (κ3) is 3.46. The van der Waals surface area contributed by atoms with Gasteiger partial charge in [0, 0.05) is 32.0 Å². The zero-order valence-corrected chi connectivity index (χ0v) is 11.6. The molecule has 1 aromatic heterocycles. The lowest BCUT2D eigenvalue weighted by Crippen LogP contribution is -2.49. The van der Waals surface area contributed by atoms with E-state index in [2.05, 4.69) is 14.9 Å². The summed E-state index contributed by atoms with van der Waals surface area (Å²) >= 11 is 0. The van der Waals surface area contributed by atoms with E-state index in [4.69, 9.17) is 0 Å². The van der Waals surface area contributed by atoms with Crippen molar-refractivity contribution >= 4 is 5.91 Å². The molecule has 0 unspecified atom stereocenters. The van der Waals surface area contributed by atoms with Crippen LogP contribution < -0.4 is 0 Å². The Balaban J connectivity index is 1.57. The molecule has 1 N–H and O–H groups in total. The molecule has 0 radical (unpaired) electrons. The lowest BCUT2D eigenvalue weighted by Gasteiger charge is -2.33. The molecule has 0 aliphatic carbocycles. The molecule has 0 spiro atoms. The predicted molar refractivity (Wildman–Crippen MR) is 75.7 cm³/mol. The molecule has 2 heterocycles. The molecule has 1 aliphatic rings. The number of aromatic nitrogens is 2. The van der Waals surface area contributed by atoms with Crippen molar-refractivity contribution in [2.45, 2.75) is 13.1 Å². The van der Waals surface area contributed by atoms with Crippen LogP contribution >= 0.6 is 0 Å². The molecule has 2 aromatic rings. The number of amides is 1. The SMILES string of the molecule is O=C1CN(Cc2ncc[nH]2)CCN1Cc1cccc(F)c1. The minimum absolute atomic E-state index is 0.0667. The minimum atomic E-state index is -0.267. The van der Waals surface area contributed by atoms with Gasteiger partial charge in [0.05, 0.1) is 13.1 Å². The number of hydrogen-bond acceptors (Lipinski definition) is 3. The van der Waals surface area contributed by atoms with Crippen molar-refractivity contribution in [3.05, 3.63) is 53.9 Å². The van der Waals surface area contributed by atoms with Crippen molar-refractivity contribution < 1.29 is 9.18 Å². The largest absolute Gasteiger partial charge is 0.348 e. The number of rotatable bonds is 4. The average Bonchev–Trinajstić information content (AvgIpc) is 2.95. The van der Waals surface area contributed by atoms with Gasteiger partial charge in [0.2, 0.25) is 5.91 Å². The number of piperazine rings is 1. The Labute approximate surface area is 122 Å². The number of halogens is 1. The summed E-state index contributed by atoms with van der Waals surface area (Å²) < 4.78 is 13.2. The quantitative estimate of drug-likeness (QED) is 0.925. The number of imidazole rings is 1. The van der Waals surface area contributed by atoms with Crippen molar-refractivity contribution in [3.63, 3.8) is 0 Å². The molecule has 1 saturated heterocycles. The van der Waals surface area contributed by atoms with Crippen LogP contribution in [0.3, 0.4) is 0 Å². The molecule has 0 atom stereocenters. The Morgan fingerprint density at radius 2 is 2.19 bits per heavy atom. The first-order valence-electron chi connectivity index (χ1n) is 6.93. The van der Waals surface area contributed by atoms with Gasteiger partial charge in [-0.25, -0.2) is 9.37 Å². The maximum absolute atomic E-state index is 13.2. The van der Waals surface area contributed by atoms with Crippen LogP contribution in [0.4, 0.5) is 4.39 Å². The van der Waals surface area contributed by atoms with Crippen LogP contribution in [0, 0.1) is 5.82 Å². The van der Waals surface area contributed by atoms with Crippen molar-refractivity contribution in [1.29, 1.82) is 0 Å². The second-order valence-electron chi connectivity index (χ2n) is 5.19. The van der Waals surface area contributed by atoms with Crippen LogP contribution in [-0.4, -0.2) is 45.3 Å². The molecular formula is C15H17FN4O. The van der Waals surface area contributed by atoms with Gasteiger partial charge >= 0.3 is 0 Å². The van der Waals surface area contributed by atoms with Gasteiger partial charge in [0.1, 0.15) is 11.6 Å². The number of aromatic amines is 1. The molecule has 5 nitrogen and oxygen atoms in total. The standard InChI is InChI=1S/C15H17FN4O/c16-13-3-1-2-12(8-13)9-20-7-6-19(11-15(20)21)10-14-17-4-5-18-14/h1-5,8H,6-7,9-11H2,(H,17,18). The summed E-state index contributed by atoms with van der Waals surface area (Å²) in [5, 5.41) is 0. The Morgan fingerprint density at radius 3 is 2.90 bits per heavy atom. The van der Waals surface area contributed by atoms with Gasteiger partial charge in [-0.3, -0.25) is 9.69 Å². The Hall–Kier alpha value is -2.21. The first kappa shape index (κ1) is 13.8. The number of nitrogens with zero attached hydrogens (tertiary/aromatic N) is 3. The van der Waals surface area contributed by atoms with Gasteiger partial charge in [-0.05, 0) is 17.7 Å². The van der Waals surface area contributed by atoms with Crippen molar-refractivity contribution in [2.75, 3.05) is 19.6 Å². The maximum atomic E-state index is 13.2. The molecule has 1 amide bonds. The summed E-state index contributed by atoms with van der Waals surface area (Å²) in [5.41, 5.74) is 0.822.